The van der Waals surface area contributed by atoms with Gasteiger partial charge in [0.1, 0.15) is 11.8 Å². The molecular weight excluding hydrogens is 544 g/mol. The highest BCUT2D eigenvalue weighted by atomic mass is 16.3. The zero-order valence-corrected chi connectivity index (χ0v) is 26.3. The van der Waals surface area contributed by atoms with Crippen LogP contribution in [0.3, 0.4) is 0 Å². The molecule has 0 aliphatic carbocycles. The third-order valence-electron chi connectivity index (χ3n) is 8.46. The Bertz CT molecular complexity index is 1710. The number of hydrogen-bond acceptors (Lipinski definition) is 4. The number of phenols is 1. The molecule has 0 fully saturated rings. The van der Waals surface area contributed by atoms with Gasteiger partial charge in [0, 0.05) is 42.5 Å². The van der Waals surface area contributed by atoms with Crippen molar-refractivity contribution in [3.63, 3.8) is 0 Å². The fourth-order valence-corrected chi connectivity index (χ4v) is 6.02. The third-order valence-corrected chi connectivity index (χ3v) is 8.46. The van der Waals surface area contributed by atoms with E-state index in [1.54, 1.807) is 12.1 Å². The molecule has 0 spiro atoms. The molecule has 4 aromatic carbocycles. The molecule has 0 radical (unpaired) electrons. The Hall–Kier alpha value is -4.68. The lowest BCUT2D eigenvalue weighted by atomic mass is 9.95. The van der Waals surface area contributed by atoms with Gasteiger partial charge in [-0.05, 0) is 86.7 Å². The fraction of sp³-hybridized carbons (Fsp3) is 0.263. The second-order valence-electron chi connectivity index (χ2n) is 11.3. The number of phenolic OH excluding ortho intramolecular Hbond substituents is 1. The monoisotopic (exact) mass is 586 g/mol. The van der Waals surface area contributed by atoms with E-state index in [0.29, 0.717) is 25.2 Å². The van der Waals surface area contributed by atoms with Gasteiger partial charge >= 0.3 is 0 Å². The first-order valence-corrected chi connectivity index (χ1v) is 15.4. The van der Waals surface area contributed by atoms with Crippen LogP contribution in [0, 0.1) is 13.8 Å². The number of rotatable bonds is 11. The summed E-state index contributed by atoms with van der Waals surface area (Å²) in [4.78, 5) is 14.8. The molecule has 0 saturated heterocycles. The van der Waals surface area contributed by atoms with Gasteiger partial charge in [-0.2, -0.15) is 5.10 Å². The van der Waals surface area contributed by atoms with Crippen LogP contribution in [-0.2, 0) is 6.54 Å². The van der Waals surface area contributed by atoms with Crippen LogP contribution in [0.2, 0.25) is 0 Å². The Morgan fingerprint density at radius 1 is 0.841 bits per heavy atom. The van der Waals surface area contributed by atoms with Crippen LogP contribution in [0.4, 0.5) is 0 Å². The number of amides is 1. The van der Waals surface area contributed by atoms with E-state index in [2.05, 4.69) is 79.3 Å². The molecular formula is C38H42N4O2. The summed E-state index contributed by atoms with van der Waals surface area (Å²) in [6, 6.07) is 34.0. The largest absolute Gasteiger partial charge is 0.508 e. The Morgan fingerprint density at radius 3 is 2.18 bits per heavy atom. The van der Waals surface area contributed by atoms with Crippen LogP contribution in [-0.4, -0.2) is 38.8 Å². The molecule has 2 N–H and O–H groups in total. The number of benzene rings is 4. The number of carbonyl (C=O) groups is 1. The molecule has 6 heteroatoms. The first kappa shape index (κ1) is 30.8. The second kappa shape index (κ2) is 13.7. The van der Waals surface area contributed by atoms with Gasteiger partial charge in [0.15, 0.2) is 0 Å². The van der Waals surface area contributed by atoms with Crippen molar-refractivity contribution in [2.75, 3.05) is 13.1 Å². The van der Waals surface area contributed by atoms with E-state index in [0.717, 1.165) is 33.6 Å². The van der Waals surface area contributed by atoms with E-state index < -0.39 is 0 Å². The molecule has 1 heterocycles. The van der Waals surface area contributed by atoms with E-state index >= 15 is 0 Å². The predicted molar refractivity (Wildman–Crippen MR) is 178 cm³/mol. The van der Waals surface area contributed by atoms with Crippen LogP contribution < -0.4 is 5.32 Å². The summed E-state index contributed by atoms with van der Waals surface area (Å²) in [6.45, 7) is 12.4. The normalized spacial score (nSPS) is 12.6. The summed E-state index contributed by atoms with van der Waals surface area (Å²) in [5.74, 6) is 0.224. The maximum absolute atomic E-state index is 13.0. The standard InChI is InChI=1S/C38H42N4O2/c1-6-41(7-2)38(44)31-22-20-30(21-23-31)37(32-17-13-18-34(43)24-32)42-28(5)36(27(4)40-42)35-19-12-11-16-33(35)25-39-26(3)29-14-9-8-10-15-29/h8-24,26,37,39,43H,6-7,25H2,1-5H3. The molecule has 0 aliphatic rings. The molecule has 0 bridgehead atoms. The van der Waals surface area contributed by atoms with Crippen LogP contribution in [0.25, 0.3) is 11.1 Å². The fourth-order valence-electron chi connectivity index (χ4n) is 6.02. The summed E-state index contributed by atoms with van der Waals surface area (Å²) < 4.78 is 2.05. The molecule has 226 valence electrons. The van der Waals surface area contributed by atoms with Crippen LogP contribution >= 0.6 is 0 Å². The van der Waals surface area contributed by atoms with Crippen molar-refractivity contribution >= 4 is 5.91 Å². The quantitative estimate of drug-likeness (QED) is 0.165. The molecule has 44 heavy (non-hydrogen) atoms. The highest BCUT2D eigenvalue weighted by Gasteiger charge is 2.25. The van der Waals surface area contributed by atoms with Crippen molar-refractivity contribution in [3.05, 3.63) is 142 Å². The van der Waals surface area contributed by atoms with Gasteiger partial charge in [-0.25, -0.2) is 0 Å². The van der Waals surface area contributed by atoms with E-state index in [4.69, 9.17) is 5.10 Å². The molecule has 2 unspecified atom stereocenters. The lowest BCUT2D eigenvalue weighted by Gasteiger charge is -2.22. The Kier molecular flexibility index (Phi) is 9.61. The minimum absolute atomic E-state index is 0.0238. The molecule has 0 saturated carbocycles. The maximum Gasteiger partial charge on any atom is 0.253 e. The number of nitrogens with one attached hydrogen (secondary N) is 1. The van der Waals surface area contributed by atoms with Gasteiger partial charge in [0.25, 0.3) is 5.91 Å². The zero-order valence-electron chi connectivity index (χ0n) is 26.3. The van der Waals surface area contributed by atoms with Crippen LogP contribution in [0.15, 0.2) is 103 Å². The van der Waals surface area contributed by atoms with Crippen molar-refractivity contribution in [2.24, 2.45) is 0 Å². The Morgan fingerprint density at radius 2 is 1.50 bits per heavy atom. The molecule has 5 rings (SSSR count). The second-order valence-corrected chi connectivity index (χ2v) is 11.3. The van der Waals surface area contributed by atoms with Crippen molar-refractivity contribution < 1.29 is 9.90 Å². The topological polar surface area (TPSA) is 70.4 Å². The predicted octanol–water partition coefficient (Wildman–Crippen LogP) is 7.84. The van der Waals surface area contributed by atoms with E-state index in [1.807, 2.05) is 61.2 Å². The van der Waals surface area contributed by atoms with Gasteiger partial charge in [0.2, 0.25) is 0 Å². The molecule has 1 aromatic heterocycles. The summed E-state index contributed by atoms with van der Waals surface area (Å²) in [5.41, 5.74) is 9.23. The number of aromatic nitrogens is 2. The Labute approximate surface area is 261 Å². The van der Waals surface area contributed by atoms with Crippen molar-refractivity contribution in [1.29, 1.82) is 0 Å². The summed E-state index contributed by atoms with van der Waals surface area (Å²) in [5, 5.41) is 19.2. The first-order valence-electron chi connectivity index (χ1n) is 15.4. The molecule has 2 atom stereocenters. The average molecular weight is 587 g/mol. The lowest BCUT2D eigenvalue weighted by molar-refractivity contribution is 0.0773. The smallest absolute Gasteiger partial charge is 0.253 e. The van der Waals surface area contributed by atoms with E-state index in [9.17, 15) is 9.90 Å². The first-order chi connectivity index (χ1) is 21.3. The summed E-state index contributed by atoms with van der Waals surface area (Å²) in [7, 11) is 0. The average Bonchev–Trinajstić information content (AvgIpc) is 3.34. The number of carbonyl (C=O) groups excluding carboxylic acids is 1. The van der Waals surface area contributed by atoms with Crippen molar-refractivity contribution in [1.82, 2.24) is 20.0 Å². The number of aryl methyl sites for hydroxylation is 1. The summed E-state index contributed by atoms with van der Waals surface area (Å²) >= 11 is 0. The molecule has 5 aromatic rings. The maximum atomic E-state index is 13.0. The third kappa shape index (κ3) is 6.46. The minimum Gasteiger partial charge on any atom is -0.508 e. The number of aromatic hydroxyl groups is 1. The SMILES string of the molecule is CCN(CC)C(=O)c1ccc(C(c2cccc(O)c2)n2nc(C)c(-c3ccccc3CNC(C)c3ccccc3)c2C)cc1. The number of hydrogen-bond donors (Lipinski definition) is 2. The Balaban J connectivity index is 1.53. The highest BCUT2D eigenvalue weighted by Crippen LogP contribution is 2.36. The minimum atomic E-state index is -0.296. The zero-order chi connectivity index (χ0) is 31.2. The lowest BCUT2D eigenvalue weighted by Crippen LogP contribution is -2.30. The van der Waals surface area contributed by atoms with Crippen LogP contribution in [0.5, 0.6) is 5.75 Å². The van der Waals surface area contributed by atoms with Crippen molar-refractivity contribution in [3.8, 4) is 16.9 Å². The molecule has 0 aliphatic heterocycles. The van der Waals surface area contributed by atoms with E-state index in [1.165, 1.54) is 11.1 Å². The van der Waals surface area contributed by atoms with Crippen LogP contribution in [0.1, 0.15) is 76.9 Å². The summed E-state index contributed by atoms with van der Waals surface area (Å²) in [6.07, 6.45) is 0. The van der Waals surface area contributed by atoms with Gasteiger partial charge in [-0.1, -0.05) is 78.9 Å². The molecule has 1 amide bonds. The molecule has 6 nitrogen and oxygen atoms in total. The van der Waals surface area contributed by atoms with Gasteiger partial charge in [-0.3, -0.25) is 9.48 Å². The number of nitrogens with zero attached hydrogens (tertiary/aromatic N) is 3. The highest BCUT2D eigenvalue weighted by molar-refractivity contribution is 5.94. The van der Waals surface area contributed by atoms with Crippen molar-refractivity contribution in [2.45, 2.75) is 53.2 Å². The van der Waals surface area contributed by atoms with E-state index in [-0.39, 0.29) is 23.7 Å². The van der Waals surface area contributed by atoms with Gasteiger partial charge in [0.05, 0.1) is 5.69 Å². The van der Waals surface area contributed by atoms with Gasteiger partial charge < -0.3 is 15.3 Å². The van der Waals surface area contributed by atoms with Gasteiger partial charge in [-0.15, -0.1) is 0 Å².